The van der Waals surface area contributed by atoms with Gasteiger partial charge in [0.15, 0.2) is 0 Å². The summed E-state index contributed by atoms with van der Waals surface area (Å²) in [4.78, 5) is 29.4. The Morgan fingerprint density at radius 1 is 1.02 bits per heavy atom. The molecular formula is C25H26F2N6O6S. The minimum Gasteiger partial charge on any atom is -0.483 e. The smallest absolute Gasteiger partial charge is 0.316 e. The first-order valence-corrected chi connectivity index (χ1v) is 14.3. The van der Waals surface area contributed by atoms with Crippen molar-refractivity contribution in [1.82, 2.24) is 19.1 Å². The molecule has 0 bridgehead atoms. The van der Waals surface area contributed by atoms with Crippen LogP contribution in [0.5, 0.6) is 5.75 Å². The molecule has 3 heterocycles. The molecule has 1 aromatic carbocycles. The average Bonchev–Trinajstić information content (AvgIpc) is 3.43. The number of aromatic nitrogens is 3. The van der Waals surface area contributed by atoms with E-state index in [9.17, 15) is 32.1 Å². The van der Waals surface area contributed by atoms with Crippen molar-refractivity contribution in [3.8, 4) is 11.4 Å². The Balaban J connectivity index is 1.36. The molecular weight excluding hydrogens is 550 g/mol. The Morgan fingerprint density at radius 2 is 1.70 bits per heavy atom. The van der Waals surface area contributed by atoms with E-state index in [1.807, 2.05) is 0 Å². The van der Waals surface area contributed by atoms with Crippen molar-refractivity contribution < 1.29 is 26.9 Å². The topological polar surface area (TPSA) is 141 Å². The second-order valence-corrected chi connectivity index (χ2v) is 11.6. The van der Waals surface area contributed by atoms with Crippen LogP contribution in [0.3, 0.4) is 0 Å². The van der Waals surface area contributed by atoms with Gasteiger partial charge in [0.05, 0.1) is 28.6 Å². The van der Waals surface area contributed by atoms with E-state index < -0.39 is 37.9 Å². The molecule has 0 atom stereocenters. The van der Waals surface area contributed by atoms with Crippen molar-refractivity contribution >= 4 is 21.4 Å². The lowest BCUT2D eigenvalue weighted by Gasteiger charge is -2.36. The first-order valence-electron chi connectivity index (χ1n) is 12.7. The van der Waals surface area contributed by atoms with Crippen molar-refractivity contribution in [3.05, 3.63) is 80.5 Å². The monoisotopic (exact) mass is 576 g/mol. The third kappa shape index (κ3) is 5.94. The summed E-state index contributed by atoms with van der Waals surface area (Å²) < 4.78 is 62.0. The molecule has 212 valence electrons. The summed E-state index contributed by atoms with van der Waals surface area (Å²) in [6.07, 6.45) is 5.64. The number of piperazine rings is 1. The minimum absolute atomic E-state index is 0.00189. The van der Waals surface area contributed by atoms with E-state index in [2.05, 4.69) is 10.1 Å². The van der Waals surface area contributed by atoms with E-state index in [-0.39, 0.29) is 55.1 Å². The van der Waals surface area contributed by atoms with Gasteiger partial charge in [0.1, 0.15) is 29.3 Å². The standard InChI is InChI=1S/C25H26F2N6O6S/c26-17-11-18(27)13-21(12-17)32-25(34)24(39-22-3-1-2-4-22)23(15-29-32)30-7-9-31(10-8-30)40(37,38)16-19-5-6-20(14-28-19)33(35)36/h5-6,11-15,22H,1-4,7-10,16H2. The lowest BCUT2D eigenvalue weighted by Crippen LogP contribution is -2.49. The molecule has 0 amide bonds. The Hall–Kier alpha value is -3.98. The van der Waals surface area contributed by atoms with Gasteiger partial charge in [0.2, 0.25) is 15.8 Å². The van der Waals surface area contributed by atoms with Crippen molar-refractivity contribution in [2.75, 3.05) is 31.1 Å². The van der Waals surface area contributed by atoms with Crippen LogP contribution >= 0.6 is 0 Å². The maximum atomic E-state index is 13.9. The van der Waals surface area contributed by atoms with E-state index >= 15 is 0 Å². The molecule has 5 rings (SSSR count). The summed E-state index contributed by atoms with van der Waals surface area (Å²) >= 11 is 0. The molecule has 2 aliphatic rings. The fourth-order valence-corrected chi connectivity index (χ4v) is 6.33. The predicted octanol–water partition coefficient (Wildman–Crippen LogP) is 2.79. The molecule has 0 radical (unpaired) electrons. The van der Waals surface area contributed by atoms with Crippen LogP contribution in [0.15, 0.2) is 47.5 Å². The molecule has 0 N–H and O–H groups in total. The third-order valence-corrected chi connectivity index (χ3v) is 8.73. The molecule has 40 heavy (non-hydrogen) atoms. The number of benzene rings is 1. The molecule has 0 spiro atoms. The molecule has 12 nitrogen and oxygen atoms in total. The molecule has 1 aliphatic heterocycles. The SMILES string of the molecule is O=c1c(OC2CCCC2)c(N2CCN(S(=O)(=O)Cc3ccc([N+](=O)[O-])cn3)CC2)cnn1-c1cc(F)cc(F)c1. The van der Waals surface area contributed by atoms with Crippen LogP contribution in [0.1, 0.15) is 31.4 Å². The highest BCUT2D eigenvalue weighted by atomic mass is 32.2. The summed E-state index contributed by atoms with van der Waals surface area (Å²) in [6, 6.07) is 5.21. The van der Waals surface area contributed by atoms with E-state index in [1.54, 1.807) is 4.90 Å². The van der Waals surface area contributed by atoms with Gasteiger partial charge in [-0.25, -0.2) is 17.2 Å². The number of hydrogen-bond acceptors (Lipinski definition) is 9. The molecule has 2 aromatic heterocycles. The maximum Gasteiger partial charge on any atom is 0.316 e. The quantitative estimate of drug-likeness (QED) is 0.292. The zero-order valence-electron chi connectivity index (χ0n) is 21.3. The van der Waals surface area contributed by atoms with Gasteiger partial charge < -0.3 is 9.64 Å². The lowest BCUT2D eigenvalue weighted by molar-refractivity contribution is -0.385. The first-order chi connectivity index (χ1) is 19.1. The number of nitro groups is 1. The molecule has 1 saturated heterocycles. The second-order valence-electron chi connectivity index (χ2n) is 9.64. The fraction of sp³-hybridized carbons (Fsp3) is 0.400. The lowest BCUT2D eigenvalue weighted by atomic mass is 10.2. The van der Waals surface area contributed by atoms with Crippen LogP contribution in [0, 0.1) is 21.7 Å². The van der Waals surface area contributed by atoms with Crippen molar-refractivity contribution in [2.24, 2.45) is 0 Å². The molecule has 3 aromatic rings. The van der Waals surface area contributed by atoms with Gasteiger partial charge in [-0.2, -0.15) is 14.1 Å². The number of rotatable bonds is 8. The van der Waals surface area contributed by atoms with Gasteiger partial charge in [-0.3, -0.25) is 19.9 Å². The molecule has 15 heteroatoms. The van der Waals surface area contributed by atoms with Gasteiger partial charge in [-0.1, -0.05) is 0 Å². The number of sulfonamides is 1. The summed E-state index contributed by atoms with van der Waals surface area (Å²) in [5, 5.41) is 15.0. The summed E-state index contributed by atoms with van der Waals surface area (Å²) in [7, 11) is -3.77. The largest absolute Gasteiger partial charge is 0.483 e. The van der Waals surface area contributed by atoms with Gasteiger partial charge in [0, 0.05) is 38.3 Å². The van der Waals surface area contributed by atoms with Gasteiger partial charge in [-0.05, 0) is 43.9 Å². The Labute approximate surface area is 228 Å². The number of ether oxygens (including phenoxy) is 1. The van der Waals surface area contributed by atoms with Crippen LogP contribution < -0.4 is 15.2 Å². The highest BCUT2D eigenvalue weighted by Gasteiger charge is 2.31. The number of hydrogen-bond donors (Lipinski definition) is 0. The third-order valence-electron chi connectivity index (χ3n) is 6.92. The van der Waals surface area contributed by atoms with Crippen molar-refractivity contribution in [2.45, 2.75) is 37.5 Å². The van der Waals surface area contributed by atoms with Crippen LogP contribution in [-0.4, -0.2) is 64.7 Å². The van der Waals surface area contributed by atoms with E-state index in [1.165, 1.54) is 22.6 Å². The van der Waals surface area contributed by atoms with Gasteiger partial charge in [-0.15, -0.1) is 0 Å². The van der Waals surface area contributed by atoms with Crippen LogP contribution in [-0.2, 0) is 15.8 Å². The summed E-state index contributed by atoms with van der Waals surface area (Å²) in [5.74, 6) is -2.12. The molecule has 1 aliphatic carbocycles. The number of halogens is 2. The zero-order valence-corrected chi connectivity index (χ0v) is 22.1. The average molecular weight is 577 g/mol. The predicted molar refractivity (Wildman–Crippen MR) is 140 cm³/mol. The molecule has 2 fully saturated rings. The highest BCUT2D eigenvalue weighted by Crippen LogP contribution is 2.30. The Bertz CT molecular complexity index is 1550. The number of anilines is 1. The van der Waals surface area contributed by atoms with Gasteiger partial charge >= 0.3 is 5.56 Å². The van der Waals surface area contributed by atoms with E-state index in [4.69, 9.17) is 4.74 Å². The summed E-state index contributed by atoms with van der Waals surface area (Å²) in [6.45, 7) is 0.675. The van der Waals surface area contributed by atoms with Crippen LogP contribution in [0.4, 0.5) is 20.2 Å². The maximum absolute atomic E-state index is 13.9. The highest BCUT2D eigenvalue weighted by molar-refractivity contribution is 7.88. The fourth-order valence-electron chi connectivity index (χ4n) is 4.88. The van der Waals surface area contributed by atoms with Crippen LogP contribution in [0.2, 0.25) is 0 Å². The second kappa shape index (κ2) is 11.3. The summed E-state index contributed by atoms with van der Waals surface area (Å²) in [5.41, 5.74) is -0.431. The number of nitrogens with zero attached hydrogens (tertiary/aromatic N) is 6. The minimum atomic E-state index is -3.77. The van der Waals surface area contributed by atoms with Crippen molar-refractivity contribution in [3.63, 3.8) is 0 Å². The Kier molecular flexibility index (Phi) is 7.76. The molecule has 0 unspecified atom stereocenters. The Morgan fingerprint density at radius 3 is 2.30 bits per heavy atom. The zero-order chi connectivity index (χ0) is 28.4. The normalized spacial score (nSPS) is 16.8. The van der Waals surface area contributed by atoms with Crippen molar-refractivity contribution in [1.29, 1.82) is 0 Å². The number of pyridine rings is 1. The molecule has 1 saturated carbocycles. The first kappa shape index (κ1) is 27.6. The van der Waals surface area contributed by atoms with Gasteiger partial charge in [0.25, 0.3) is 5.69 Å². The van der Waals surface area contributed by atoms with E-state index in [0.717, 1.165) is 48.7 Å². The van der Waals surface area contributed by atoms with E-state index in [0.29, 0.717) is 11.8 Å². The van der Waals surface area contributed by atoms with Crippen LogP contribution in [0.25, 0.3) is 5.69 Å².